The minimum atomic E-state index is -0.705. The Bertz CT molecular complexity index is 358. The highest BCUT2D eigenvalue weighted by Crippen LogP contribution is 2.39. The van der Waals surface area contributed by atoms with E-state index in [9.17, 15) is 15.0 Å². The molecule has 4 heteroatoms. The lowest BCUT2D eigenvalue weighted by atomic mass is 9.85. The van der Waals surface area contributed by atoms with Gasteiger partial charge in [0.1, 0.15) is 0 Å². The molecule has 0 aromatic carbocycles. The molecule has 1 aliphatic rings. The van der Waals surface area contributed by atoms with E-state index in [1.54, 1.807) is 6.92 Å². The van der Waals surface area contributed by atoms with Crippen LogP contribution in [0.1, 0.15) is 97.3 Å². The Hall–Kier alpha value is -0.610. The SMILES string of the molecule is CCCCCC(O)CC[C@H]1CC[C@H](O)[C@@H]1CCCCCC(C)C(=O)O. The van der Waals surface area contributed by atoms with E-state index in [1.165, 1.54) is 12.8 Å². The normalized spacial score (nSPS) is 25.8. The van der Waals surface area contributed by atoms with E-state index in [-0.39, 0.29) is 18.1 Å². The fraction of sp³-hybridized carbons (Fsp3) is 0.952. The highest BCUT2D eigenvalue weighted by atomic mass is 16.4. The molecule has 0 bridgehead atoms. The van der Waals surface area contributed by atoms with Crippen molar-refractivity contribution in [1.29, 1.82) is 0 Å². The molecule has 0 heterocycles. The molecule has 0 aromatic rings. The number of aliphatic carboxylic acids is 1. The Labute approximate surface area is 154 Å². The molecule has 0 aromatic heterocycles. The third-order valence-electron chi connectivity index (χ3n) is 6.04. The Morgan fingerprint density at radius 3 is 2.40 bits per heavy atom. The second-order valence-electron chi connectivity index (χ2n) is 8.17. The average Bonchev–Trinajstić information content (AvgIpc) is 2.92. The van der Waals surface area contributed by atoms with E-state index >= 15 is 0 Å². The van der Waals surface area contributed by atoms with Gasteiger partial charge in [-0.1, -0.05) is 52.4 Å². The van der Waals surface area contributed by atoms with Crippen LogP contribution in [-0.2, 0) is 4.79 Å². The summed E-state index contributed by atoms with van der Waals surface area (Å²) in [7, 11) is 0. The van der Waals surface area contributed by atoms with Crippen molar-refractivity contribution in [3.63, 3.8) is 0 Å². The van der Waals surface area contributed by atoms with Crippen LogP contribution in [0.4, 0.5) is 0 Å². The maximum Gasteiger partial charge on any atom is 0.306 e. The minimum Gasteiger partial charge on any atom is -0.481 e. The summed E-state index contributed by atoms with van der Waals surface area (Å²) in [6.45, 7) is 3.95. The van der Waals surface area contributed by atoms with Gasteiger partial charge in [0.15, 0.2) is 0 Å². The second kappa shape index (κ2) is 12.7. The molecule has 0 radical (unpaired) electrons. The van der Waals surface area contributed by atoms with Gasteiger partial charge in [0, 0.05) is 0 Å². The number of aliphatic hydroxyl groups is 2. The van der Waals surface area contributed by atoms with Crippen LogP contribution in [-0.4, -0.2) is 33.5 Å². The molecule has 0 amide bonds. The van der Waals surface area contributed by atoms with Crippen LogP contribution in [0.2, 0.25) is 0 Å². The van der Waals surface area contributed by atoms with E-state index in [0.717, 1.165) is 70.6 Å². The molecule has 0 spiro atoms. The standard InChI is InChI=1S/C21H40O4/c1-3-4-6-10-18(22)14-12-17-13-15-20(23)19(17)11-8-5-7-9-16(2)21(24)25/h16-20,22-23H,3-15H2,1-2H3,(H,24,25)/t16?,17-,18?,19+,20-/m0/s1. The molecule has 0 aliphatic heterocycles. The predicted molar refractivity (Wildman–Crippen MR) is 101 cm³/mol. The third-order valence-corrected chi connectivity index (χ3v) is 6.04. The van der Waals surface area contributed by atoms with Crippen LogP contribution in [0.3, 0.4) is 0 Å². The number of aliphatic hydroxyl groups excluding tert-OH is 2. The Morgan fingerprint density at radius 2 is 1.72 bits per heavy atom. The first-order valence-corrected chi connectivity index (χ1v) is 10.5. The molecular formula is C21H40O4. The van der Waals surface area contributed by atoms with Gasteiger partial charge in [-0.15, -0.1) is 0 Å². The molecule has 1 saturated carbocycles. The summed E-state index contributed by atoms with van der Waals surface area (Å²) in [5.41, 5.74) is 0. The summed E-state index contributed by atoms with van der Waals surface area (Å²) in [5, 5.41) is 29.3. The van der Waals surface area contributed by atoms with Crippen molar-refractivity contribution in [2.45, 2.75) is 110 Å². The van der Waals surface area contributed by atoms with Crippen molar-refractivity contribution in [3.05, 3.63) is 0 Å². The highest BCUT2D eigenvalue weighted by molar-refractivity contribution is 5.69. The number of hydrogen-bond donors (Lipinski definition) is 3. The van der Waals surface area contributed by atoms with Gasteiger partial charge >= 0.3 is 5.97 Å². The average molecular weight is 357 g/mol. The molecule has 5 atom stereocenters. The number of unbranched alkanes of at least 4 members (excludes halogenated alkanes) is 4. The molecule has 1 fully saturated rings. The monoisotopic (exact) mass is 356 g/mol. The first-order valence-electron chi connectivity index (χ1n) is 10.5. The van der Waals surface area contributed by atoms with Gasteiger partial charge in [-0.2, -0.15) is 0 Å². The fourth-order valence-corrected chi connectivity index (χ4v) is 4.23. The Balaban J connectivity index is 2.21. The van der Waals surface area contributed by atoms with Crippen molar-refractivity contribution in [3.8, 4) is 0 Å². The zero-order valence-corrected chi connectivity index (χ0v) is 16.3. The van der Waals surface area contributed by atoms with Crippen LogP contribution in [0, 0.1) is 17.8 Å². The lowest BCUT2D eigenvalue weighted by Crippen LogP contribution is -2.20. The van der Waals surface area contributed by atoms with E-state index in [0.29, 0.717) is 11.8 Å². The fourth-order valence-electron chi connectivity index (χ4n) is 4.23. The van der Waals surface area contributed by atoms with Crippen LogP contribution < -0.4 is 0 Å². The Kier molecular flexibility index (Phi) is 11.4. The highest BCUT2D eigenvalue weighted by Gasteiger charge is 2.34. The zero-order valence-electron chi connectivity index (χ0n) is 16.3. The Morgan fingerprint density at radius 1 is 1.00 bits per heavy atom. The molecular weight excluding hydrogens is 316 g/mol. The van der Waals surface area contributed by atoms with Crippen molar-refractivity contribution in [1.82, 2.24) is 0 Å². The molecule has 1 rings (SSSR count). The largest absolute Gasteiger partial charge is 0.481 e. The van der Waals surface area contributed by atoms with Crippen LogP contribution in [0.25, 0.3) is 0 Å². The first kappa shape index (κ1) is 22.4. The van der Waals surface area contributed by atoms with Crippen molar-refractivity contribution in [2.24, 2.45) is 17.8 Å². The second-order valence-corrected chi connectivity index (χ2v) is 8.17. The van der Waals surface area contributed by atoms with Gasteiger partial charge in [-0.05, 0) is 56.8 Å². The van der Waals surface area contributed by atoms with E-state index in [1.807, 2.05) is 0 Å². The molecule has 4 nitrogen and oxygen atoms in total. The number of hydrogen-bond acceptors (Lipinski definition) is 3. The third kappa shape index (κ3) is 9.05. The quantitative estimate of drug-likeness (QED) is 0.392. The summed E-state index contributed by atoms with van der Waals surface area (Å²) in [6.07, 6.45) is 12.8. The molecule has 148 valence electrons. The van der Waals surface area contributed by atoms with Crippen molar-refractivity contribution < 1.29 is 20.1 Å². The molecule has 3 N–H and O–H groups in total. The van der Waals surface area contributed by atoms with Gasteiger partial charge in [0.2, 0.25) is 0 Å². The lowest BCUT2D eigenvalue weighted by molar-refractivity contribution is -0.141. The summed E-state index contributed by atoms with van der Waals surface area (Å²) in [4.78, 5) is 10.8. The number of carbonyl (C=O) groups is 1. The van der Waals surface area contributed by atoms with Crippen molar-refractivity contribution in [2.75, 3.05) is 0 Å². The molecule has 0 saturated heterocycles. The maximum atomic E-state index is 10.8. The zero-order chi connectivity index (χ0) is 18.7. The van der Waals surface area contributed by atoms with Crippen LogP contribution in [0.15, 0.2) is 0 Å². The number of rotatable bonds is 14. The van der Waals surface area contributed by atoms with Gasteiger partial charge in [0.05, 0.1) is 18.1 Å². The summed E-state index contributed by atoms with van der Waals surface area (Å²) in [5.74, 6) is -0.0312. The molecule has 2 unspecified atom stereocenters. The first-order chi connectivity index (χ1) is 12.0. The predicted octanol–water partition coefficient (Wildman–Crippen LogP) is 4.77. The van der Waals surface area contributed by atoms with Gasteiger partial charge in [-0.25, -0.2) is 0 Å². The van der Waals surface area contributed by atoms with E-state index < -0.39 is 5.97 Å². The molecule has 1 aliphatic carbocycles. The minimum absolute atomic E-state index is 0.178. The van der Waals surface area contributed by atoms with Gasteiger partial charge in [-0.3, -0.25) is 4.79 Å². The lowest BCUT2D eigenvalue weighted by Gasteiger charge is -2.23. The summed E-state index contributed by atoms with van der Waals surface area (Å²) in [6, 6.07) is 0. The van der Waals surface area contributed by atoms with E-state index in [4.69, 9.17) is 5.11 Å². The van der Waals surface area contributed by atoms with Crippen LogP contribution in [0.5, 0.6) is 0 Å². The topological polar surface area (TPSA) is 77.8 Å². The van der Waals surface area contributed by atoms with Gasteiger partial charge < -0.3 is 15.3 Å². The summed E-state index contributed by atoms with van der Waals surface area (Å²) < 4.78 is 0. The number of carboxylic acid groups (broad SMARTS) is 1. The number of carboxylic acids is 1. The smallest absolute Gasteiger partial charge is 0.306 e. The molecule has 25 heavy (non-hydrogen) atoms. The van der Waals surface area contributed by atoms with E-state index in [2.05, 4.69) is 6.92 Å². The summed E-state index contributed by atoms with van der Waals surface area (Å²) >= 11 is 0. The van der Waals surface area contributed by atoms with Crippen LogP contribution >= 0.6 is 0 Å². The van der Waals surface area contributed by atoms with Gasteiger partial charge in [0.25, 0.3) is 0 Å². The maximum absolute atomic E-state index is 10.8. The van der Waals surface area contributed by atoms with Crippen molar-refractivity contribution >= 4 is 5.97 Å².